The largest absolute Gasteiger partial charge is 0.481 e. The molecule has 1 saturated carbocycles. The molecule has 102 valence electrons. The van der Waals surface area contributed by atoms with Crippen molar-refractivity contribution in [2.24, 2.45) is 5.92 Å². The fraction of sp³-hybridized carbons (Fsp3) is 0.429. The van der Waals surface area contributed by atoms with Crippen LogP contribution < -0.4 is 5.32 Å². The van der Waals surface area contributed by atoms with Gasteiger partial charge in [-0.3, -0.25) is 9.59 Å². The molecular formula is C14H17NO3S. The highest BCUT2D eigenvalue weighted by atomic mass is 32.2. The first-order chi connectivity index (χ1) is 9.11. The molecule has 1 aliphatic rings. The van der Waals surface area contributed by atoms with Crippen molar-refractivity contribution in [1.29, 1.82) is 0 Å². The lowest BCUT2D eigenvalue weighted by Crippen LogP contribution is -2.33. The number of thioether (sulfide) groups is 1. The quantitative estimate of drug-likeness (QED) is 0.831. The van der Waals surface area contributed by atoms with Crippen LogP contribution in [0.5, 0.6) is 0 Å². The number of carbonyl (C=O) groups excluding carboxylic acids is 1. The van der Waals surface area contributed by atoms with Gasteiger partial charge in [0.1, 0.15) is 0 Å². The summed E-state index contributed by atoms with van der Waals surface area (Å²) in [6.07, 6.45) is 3.85. The van der Waals surface area contributed by atoms with Crippen molar-refractivity contribution in [2.45, 2.75) is 30.2 Å². The number of carboxylic acid groups (broad SMARTS) is 1. The summed E-state index contributed by atoms with van der Waals surface area (Å²) in [4.78, 5) is 24.0. The number of carbonyl (C=O) groups is 2. The molecule has 0 heterocycles. The molecule has 0 radical (unpaired) electrons. The van der Waals surface area contributed by atoms with E-state index in [-0.39, 0.29) is 17.9 Å². The summed E-state index contributed by atoms with van der Waals surface area (Å²) < 4.78 is 0. The van der Waals surface area contributed by atoms with Crippen molar-refractivity contribution in [3.05, 3.63) is 29.8 Å². The molecule has 1 amide bonds. The van der Waals surface area contributed by atoms with E-state index in [1.807, 2.05) is 24.5 Å². The topological polar surface area (TPSA) is 66.4 Å². The third-order valence-electron chi connectivity index (χ3n) is 3.47. The molecular weight excluding hydrogens is 262 g/mol. The molecule has 1 aromatic rings. The van der Waals surface area contributed by atoms with E-state index in [4.69, 9.17) is 5.11 Å². The minimum atomic E-state index is -0.763. The van der Waals surface area contributed by atoms with Gasteiger partial charge in [0.25, 0.3) is 5.91 Å². The maximum absolute atomic E-state index is 12.2. The number of amides is 1. The lowest BCUT2D eigenvalue weighted by atomic mass is 10.1. The Bertz CT molecular complexity index is 489. The SMILES string of the molecule is CSc1ccccc1C(=O)N[C@H]1CC[C@@H](C(=O)O)C1. The van der Waals surface area contributed by atoms with Crippen LogP contribution in [0.3, 0.4) is 0 Å². The second kappa shape index (κ2) is 6.10. The summed E-state index contributed by atoms with van der Waals surface area (Å²) in [6.45, 7) is 0. The van der Waals surface area contributed by atoms with E-state index in [0.29, 0.717) is 18.4 Å². The van der Waals surface area contributed by atoms with Crippen molar-refractivity contribution in [1.82, 2.24) is 5.32 Å². The highest BCUT2D eigenvalue weighted by molar-refractivity contribution is 7.98. The molecule has 1 fully saturated rings. The predicted octanol–water partition coefficient (Wildman–Crippen LogP) is 2.39. The molecule has 2 N–H and O–H groups in total. The molecule has 0 aromatic heterocycles. The smallest absolute Gasteiger partial charge is 0.306 e. The van der Waals surface area contributed by atoms with Crippen molar-refractivity contribution < 1.29 is 14.7 Å². The summed E-state index contributed by atoms with van der Waals surface area (Å²) in [6, 6.07) is 7.42. The van der Waals surface area contributed by atoms with Gasteiger partial charge in [-0.2, -0.15) is 0 Å². The number of rotatable bonds is 4. The average Bonchev–Trinajstić information content (AvgIpc) is 2.87. The third kappa shape index (κ3) is 3.29. The van der Waals surface area contributed by atoms with Gasteiger partial charge in [-0.05, 0) is 37.7 Å². The molecule has 5 heteroatoms. The molecule has 0 bridgehead atoms. The van der Waals surface area contributed by atoms with Gasteiger partial charge in [-0.1, -0.05) is 12.1 Å². The molecule has 1 aliphatic carbocycles. The van der Waals surface area contributed by atoms with E-state index in [1.165, 1.54) is 11.8 Å². The van der Waals surface area contributed by atoms with Gasteiger partial charge in [0.05, 0.1) is 11.5 Å². The summed E-state index contributed by atoms with van der Waals surface area (Å²) in [5.41, 5.74) is 0.661. The van der Waals surface area contributed by atoms with Crippen LogP contribution in [0.1, 0.15) is 29.6 Å². The average molecular weight is 279 g/mol. The highest BCUT2D eigenvalue weighted by Gasteiger charge is 2.30. The van der Waals surface area contributed by atoms with Gasteiger partial charge in [0, 0.05) is 10.9 Å². The summed E-state index contributed by atoms with van der Waals surface area (Å²) in [7, 11) is 0. The molecule has 0 saturated heterocycles. The monoisotopic (exact) mass is 279 g/mol. The summed E-state index contributed by atoms with van der Waals surface area (Å²) >= 11 is 1.53. The van der Waals surface area contributed by atoms with Crippen molar-refractivity contribution in [3.8, 4) is 0 Å². The molecule has 4 nitrogen and oxygen atoms in total. The first kappa shape index (κ1) is 13.9. The van der Waals surface area contributed by atoms with Crippen LogP contribution >= 0.6 is 11.8 Å². The van der Waals surface area contributed by atoms with E-state index < -0.39 is 5.97 Å². The number of nitrogens with one attached hydrogen (secondary N) is 1. The Morgan fingerprint density at radius 3 is 2.68 bits per heavy atom. The first-order valence-electron chi connectivity index (χ1n) is 6.28. The van der Waals surface area contributed by atoms with E-state index in [0.717, 1.165) is 11.3 Å². The number of hydrogen-bond acceptors (Lipinski definition) is 3. The van der Waals surface area contributed by atoms with E-state index >= 15 is 0 Å². The second-order valence-corrected chi connectivity index (χ2v) is 5.57. The van der Waals surface area contributed by atoms with Crippen molar-refractivity contribution >= 4 is 23.6 Å². The molecule has 0 spiro atoms. The van der Waals surface area contributed by atoms with Gasteiger partial charge in [-0.25, -0.2) is 0 Å². The van der Waals surface area contributed by atoms with Gasteiger partial charge in [-0.15, -0.1) is 11.8 Å². The minimum Gasteiger partial charge on any atom is -0.481 e. The fourth-order valence-electron chi connectivity index (χ4n) is 2.43. The minimum absolute atomic E-state index is 0.0245. The van der Waals surface area contributed by atoms with Crippen LogP contribution in [0.15, 0.2) is 29.2 Å². The van der Waals surface area contributed by atoms with Crippen LogP contribution in [0, 0.1) is 5.92 Å². The Kier molecular flexibility index (Phi) is 4.47. The Hall–Kier alpha value is -1.49. The predicted molar refractivity (Wildman–Crippen MR) is 74.5 cm³/mol. The number of carboxylic acids is 1. The van der Waals surface area contributed by atoms with Crippen molar-refractivity contribution in [3.63, 3.8) is 0 Å². The van der Waals surface area contributed by atoms with E-state index in [2.05, 4.69) is 5.32 Å². The third-order valence-corrected chi connectivity index (χ3v) is 4.26. The summed E-state index contributed by atoms with van der Waals surface area (Å²) in [5.74, 6) is -1.19. The highest BCUT2D eigenvalue weighted by Crippen LogP contribution is 2.26. The second-order valence-electron chi connectivity index (χ2n) is 4.72. The lowest BCUT2D eigenvalue weighted by Gasteiger charge is -2.14. The molecule has 2 rings (SSSR count). The maximum Gasteiger partial charge on any atom is 0.306 e. The fourth-order valence-corrected chi connectivity index (χ4v) is 3.03. The molecule has 2 atom stereocenters. The molecule has 0 unspecified atom stereocenters. The Morgan fingerprint density at radius 2 is 2.05 bits per heavy atom. The Morgan fingerprint density at radius 1 is 1.32 bits per heavy atom. The molecule has 19 heavy (non-hydrogen) atoms. The standard InChI is InChI=1S/C14H17NO3S/c1-19-12-5-3-2-4-11(12)13(16)15-10-7-6-9(8-10)14(17)18/h2-5,9-10H,6-8H2,1H3,(H,15,16)(H,17,18)/t9-,10+/m1/s1. The normalized spacial score (nSPS) is 22.2. The van der Waals surface area contributed by atoms with E-state index in [9.17, 15) is 9.59 Å². The van der Waals surface area contributed by atoms with Crippen LogP contribution in [0.2, 0.25) is 0 Å². The van der Waals surface area contributed by atoms with Gasteiger partial charge < -0.3 is 10.4 Å². The van der Waals surface area contributed by atoms with Crippen LogP contribution in [0.25, 0.3) is 0 Å². The van der Waals surface area contributed by atoms with Crippen LogP contribution in [-0.2, 0) is 4.79 Å². The number of benzene rings is 1. The van der Waals surface area contributed by atoms with Crippen LogP contribution in [-0.4, -0.2) is 29.3 Å². The lowest BCUT2D eigenvalue weighted by molar-refractivity contribution is -0.141. The molecule has 0 aliphatic heterocycles. The first-order valence-corrected chi connectivity index (χ1v) is 7.51. The van der Waals surface area contributed by atoms with Crippen LogP contribution in [0.4, 0.5) is 0 Å². The van der Waals surface area contributed by atoms with E-state index in [1.54, 1.807) is 6.07 Å². The zero-order chi connectivity index (χ0) is 13.8. The van der Waals surface area contributed by atoms with Crippen molar-refractivity contribution in [2.75, 3.05) is 6.26 Å². The molecule has 1 aromatic carbocycles. The number of aliphatic carboxylic acids is 1. The Balaban J connectivity index is 2.00. The Labute approximate surface area is 116 Å². The van der Waals surface area contributed by atoms with Gasteiger partial charge in [0.2, 0.25) is 0 Å². The zero-order valence-corrected chi connectivity index (χ0v) is 11.6. The maximum atomic E-state index is 12.2. The zero-order valence-electron chi connectivity index (χ0n) is 10.8. The van der Waals surface area contributed by atoms with Gasteiger partial charge >= 0.3 is 5.97 Å². The van der Waals surface area contributed by atoms with Gasteiger partial charge in [0.15, 0.2) is 0 Å². The summed E-state index contributed by atoms with van der Waals surface area (Å²) in [5, 5.41) is 11.9. The number of hydrogen-bond donors (Lipinski definition) is 2.